The van der Waals surface area contributed by atoms with Gasteiger partial charge in [-0.1, -0.05) is 17.3 Å². The van der Waals surface area contributed by atoms with Gasteiger partial charge in [-0.15, -0.1) is 0 Å². The molecule has 0 aliphatic rings. The third-order valence-corrected chi connectivity index (χ3v) is 4.87. The Labute approximate surface area is 178 Å². The van der Waals surface area contributed by atoms with Gasteiger partial charge in [0.25, 0.3) is 0 Å². The van der Waals surface area contributed by atoms with E-state index in [-0.39, 0.29) is 18.4 Å². The van der Waals surface area contributed by atoms with Crippen molar-refractivity contribution in [3.8, 4) is 22.9 Å². The number of carbonyl (C=O) groups excluding carboxylic acids is 1. The third-order valence-electron chi connectivity index (χ3n) is 4.87. The number of ether oxygens (including phenoxy) is 2. The number of fused-ring (bicyclic) bond motifs is 1. The number of hydrogen-bond donors (Lipinski definition) is 2. The molecule has 1 atom stereocenters. The van der Waals surface area contributed by atoms with E-state index in [0.29, 0.717) is 35.5 Å². The predicted molar refractivity (Wildman–Crippen MR) is 114 cm³/mol. The molecule has 160 valence electrons. The maximum absolute atomic E-state index is 12.4. The number of benzene rings is 2. The van der Waals surface area contributed by atoms with Crippen LogP contribution in [0.2, 0.25) is 0 Å². The van der Waals surface area contributed by atoms with Gasteiger partial charge in [-0.05, 0) is 37.3 Å². The van der Waals surface area contributed by atoms with E-state index in [1.807, 2.05) is 37.3 Å². The van der Waals surface area contributed by atoms with Crippen LogP contribution in [0.1, 0.15) is 31.1 Å². The second-order valence-electron chi connectivity index (χ2n) is 7.01. The SMILES string of the molecule is COc1ccc(-c2noc(CCC(=O)NC(C)c3nc4ccccc4[nH]3)n2)cc1OC. The topological polar surface area (TPSA) is 115 Å². The van der Waals surface area contributed by atoms with Gasteiger partial charge < -0.3 is 24.3 Å². The van der Waals surface area contributed by atoms with Crippen molar-refractivity contribution >= 4 is 16.9 Å². The van der Waals surface area contributed by atoms with Crippen LogP contribution in [0.5, 0.6) is 11.5 Å². The molecule has 2 N–H and O–H groups in total. The quantitative estimate of drug-likeness (QED) is 0.448. The number of hydrogen-bond acceptors (Lipinski definition) is 7. The molecule has 2 heterocycles. The van der Waals surface area contributed by atoms with Crippen molar-refractivity contribution in [1.29, 1.82) is 0 Å². The molecular formula is C22H23N5O4. The number of aromatic nitrogens is 4. The van der Waals surface area contributed by atoms with Crippen LogP contribution in [0.3, 0.4) is 0 Å². The molecule has 0 saturated carbocycles. The van der Waals surface area contributed by atoms with Gasteiger partial charge in [0, 0.05) is 18.4 Å². The zero-order chi connectivity index (χ0) is 21.8. The Bertz CT molecular complexity index is 1170. The van der Waals surface area contributed by atoms with Gasteiger partial charge in [0.1, 0.15) is 5.82 Å². The van der Waals surface area contributed by atoms with E-state index < -0.39 is 0 Å². The minimum absolute atomic E-state index is 0.126. The highest BCUT2D eigenvalue weighted by Crippen LogP contribution is 2.31. The number of nitrogens with zero attached hydrogens (tertiary/aromatic N) is 3. The summed E-state index contributed by atoms with van der Waals surface area (Å²) >= 11 is 0. The molecule has 4 aromatic rings. The van der Waals surface area contributed by atoms with Gasteiger partial charge in [0.2, 0.25) is 17.6 Å². The normalized spacial score (nSPS) is 12.0. The molecule has 4 rings (SSSR count). The Kier molecular flexibility index (Phi) is 5.83. The maximum Gasteiger partial charge on any atom is 0.227 e. The number of para-hydroxylation sites is 2. The number of rotatable bonds is 8. The molecule has 2 aromatic carbocycles. The second-order valence-corrected chi connectivity index (χ2v) is 7.01. The smallest absolute Gasteiger partial charge is 0.227 e. The Morgan fingerprint density at radius 1 is 1.13 bits per heavy atom. The van der Waals surface area contributed by atoms with E-state index in [4.69, 9.17) is 14.0 Å². The van der Waals surface area contributed by atoms with Crippen molar-refractivity contribution in [3.63, 3.8) is 0 Å². The van der Waals surface area contributed by atoms with Crippen LogP contribution >= 0.6 is 0 Å². The number of aromatic amines is 1. The van der Waals surface area contributed by atoms with Crippen LogP contribution in [0.15, 0.2) is 47.0 Å². The molecule has 1 unspecified atom stereocenters. The zero-order valence-corrected chi connectivity index (χ0v) is 17.5. The predicted octanol–water partition coefficient (Wildman–Crippen LogP) is 3.44. The monoisotopic (exact) mass is 421 g/mol. The fourth-order valence-corrected chi connectivity index (χ4v) is 3.23. The summed E-state index contributed by atoms with van der Waals surface area (Å²) in [5, 5.41) is 6.94. The zero-order valence-electron chi connectivity index (χ0n) is 17.5. The van der Waals surface area contributed by atoms with Crippen molar-refractivity contribution < 1.29 is 18.8 Å². The minimum Gasteiger partial charge on any atom is -0.493 e. The molecule has 2 aromatic heterocycles. The lowest BCUT2D eigenvalue weighted by molar-refractivity contribution is -0.121. The van der Waals surface area contributed by atoms with Crippen molar-refractivity contribution in [3.05, 3.63) is 54.2 Å². The molecule has 0 spiro atoms. The summed E-state index contributed by atoms with van der Waals surface area (Å²) in [6.07, 6.45) is 0.553. The fourth-order valence-electron chi connectivity index (χ4n) is 3.23. The molecule has 0 bridgehead atoms. The average Bonchev–Trinajstić information content (AvgIpc) is 3.44. The Balaban J connectivity index is 1.35. The summed E-state index contributed by atoms with van der Waals surface area (Å²) in [7, 11) is 3.14. The summed E-state index contributed by atoms with van der Waals surface area (Å²) in [5.41, 5.74) is 2.54. The van der Waals surface area contributed by atoms with Crippen molar-refractivity contribution in [2.75, 3.05) is 14.2 Å². The molecule has 0 fully saturated rings. The first-order valence-corrected chi connectivity index (χ1v) is 9.86. The third kappa shape index (κ3) is 4.50. The number of H-pyrrole nitrogens is 1. The lowest BCUT2D eigenvalue weighted by Gasteiger charge is -2.10. The van der Waals surface area contributed by atoms with Crippen LogP contribution in [0.4, 0.5) is 0 Å². The lowest BCUT2D eigenvalue weighted by Crippen LogP contribution is -2.27. The van der Waals surface area contributed by atoms with Gasteiger partial charge in [0.05, 0.1) is 31.3 Å². The first kappa shape index (κ1) is 20.4. The maximum atomic E-state index is 12.4. The standard InChI is InChI=1S/C22H23N5O4/c1-13(21-24-15-6-4-5-7-16(15)25-21)23-19(28)10-11-20-26-22(27-31-20)14-8-9-17(29-2)18(12-14)30-3/h4-9,12-13H,10-11H2,1-3H3,(H,23,28)(H,24,25). The lowest BCUT2D eigenvalue weighted by atomic mass is 10.2. The summed E-state index contributed by atoms with van der Waals surface area (Å²) < 4.78 is 15.8. The van der Waals surface area contributed by atoms with Gasteiger partial charge in [-0.2, -0.15) is 4.98 Å². The molecule has 0 saturated heterocycles. The van der Waals surface area contributed by atoms with E-state index in [1.165, 1.54) is 0 Å². The molecule has 9 nitrogen and oxygen atoms in total. The molecule has 31 heavy (non-hydrogen) atoms. The number of imidazole rings is 1. The highest BCUT2D eigenvalue weighted by Gasteiger charge is 2.16. The highest BCUT2D eigenvalue weighted by atomic mass is 16.5. The largest absolute Gasteiger partial charge is 0.493 e. The van der Waals surface area contributed by atoms with Crippen LogP contribution in [-0.2, 0) is 11.2 Å². The van der Waals surface area contributed by atoms with Crippen LogP contribution < -0.4 is 14.8 Å². The van der Waals surface area contributed by atoms with Crippen LogP contribution in [0, 0.1) is 0 Å². The molecule has 1 amide bonds. The van der Waals surface area contributed by atoms with E-state index in [1.54, 1.807) is 26.4 Å². The van der Waals surface area contributed by atoms with Crippen molar-refractivity contribution in [2.24, 2.45) is 0 Å². The number of amides is 1. The highest BCUT2D eigenvalue weighted by molar-refractivity contribution is 5.77. The van der Waals surface area contributed by atoms with Crippen molar-refractivity contribution in [1.82, 2.24) is 25.4 Å². The van der Waals surface area contributed by atoms with Gasteiger partial charge in [0.15, 0.2) is 11.5 Å². The summed E-state index contributed by atoms with van der Waals surface area (Å²) in [5.74, 6) is 2.58. The summed E-state index contributed by atoms with van der Waals surface area (Å²) in [4.78, 5) is 24.5. The molecule has 0 radical (unpaired) electrons. The summed E-state index contributed by atoms with van der Waals surface area (Å²) in [6, 6.07) is 12.9. The first-order chi connectivity index (χ1) is 15.1. The second kappa shape index (κ2) is 8.86. The Hall–Kier alpha value is -3.88. The Morgan fingerprint density at radius 2 is 1.94 bits per heavy atom. The molecular weight excluding hydrogens is 398 g/mol. The number of carbonyl (C=O) groups is 1. The molecule has 0 aliphatic carbocycles. The van der Waals surface area contributed by atoms with E-state index in [9.17, 15) is 4.79 Å². The van der Waals surface area contributed by atoms with Gasteiger partial charge in [-0.3, -0.25) is 4.79 Å². The fraction of sp³-hybridized carbons (Fsp3) is 0.273. The van der Waals surface area contributed by atoms with Crippen LogP contribution in [-0.4, -0.2) is 40.2 Å². The van der Waals surface area contributed by atoms with Gasteiger partial charge >= 0.3 is 0 Å². The van der Waals surface area contributed by atoms with Crippen molar-refractivity contribution in [2.45, 2.75) is 25.8 Å². The van der Waals surface area contributed by atoms with E-state index in [0.717, 1.165) is 16.6 Å². The van der Waals surface area contributed by atoms with E-state index >= 15 is 0 Å². The number of nitrogens with one attached hydrogen (secondary N) is 2. The van der Waals surface area contributed by atoms with Gasteiger partial charge in [-0.25, -0.2) is 4.98 Å². The summed E-state index contributed by atoms with van der Waals surface area (Å²) in [6.45, 7) is 1.89. The number of methoxy groups -OCH3 is 2. The van der Waals surface area contributed by atoms with E-state index in [2.05, 4.69) is 25.4 Å². The minimum atomic E-state index is -0.245. The number of aryl methyl sites for hydroxylation is 1. The molecule has 9 heteroatoms. The average molecular weight is 421 g/mol. The Morgan fingerprint density at radius 3 is 2.71 bits per heavy atom. The first-order valence-electron chi connectivity index (χ1n) is 9.86. The molecule has 0 aliphatic heterocycles. The van der Waals surface area contributed by atoms with Crippen LogP contribution in [0.25, 0.3) is 22.4 Å².